The number of amides is 2. The molecule has 0 radical (unpaired) electrons. The van der Waals surface area contributed by atoms with Crippen LogP contribution in [0.5, 0.6) is 5.75 Å². The molecule has 0 heterocycles. The number of ether oxygens (including phenoxy) is 1. The molecule has 0 spiro atoms. The lowest BCUT2D eigenvalue weighted by Crippen LogP contribution is -2.49. The molecule has 0 saturated carbocycles. The SMILES string of the molecule is CCOc1ccccc1C(=O)NC(C(=O)NCc1cccc(C(F)(F)F)c1)C(C)C. The van der Waals surface area contributed by atoms with Crippen LogP contribution in [0, 0.1) is 5.92 Å². The highest BCUT2D eigenvalue weighted by atomic mass is 19.4. The number of hydrogen-bond donors (Lipinski definition) is 2. The molecule has 162 valence electrons. The van der Waals surface area contributed by atoms with Crippen LogP contribution in [0.1, 0.15) is 42.3 Å². The normalized spacial score (nSPS) is 12.4. The molecule has 0 aromatic heterocycles. The lowest BCUT2D eigenvalue weighted by molar-refractivity contribution is -0.137. The first-order valence-corrected chi connectivity index (χ1v) is 9.60. The molecule has 0 bridgehead atoms. The molecular weight excluding hydrogens is 397 g/mol. The number of rotatable bonds is 8. The summed E-state index contributed by atoms with van der Waals surface area (Å²) in [6.07, 6.45) is -4.46. The largest absolute Gasteiger partial charge is 0.493 e. The Morgan fingerprint density at radius 2 is 1.77 bits per heavy atom. The van der Waals surface area contributed by atoms with E-state index >= 15 is 0 Å². The Balaban J connectivity index is 2.08. The van der Waals surface area contributed by atoms with Gasteiger partial charge in [-0.3, -0.25) is 9.59 Å². The van der Waals surface area contributed by atoms with Crippen LogP contribution in [0.3, 0.4) is 0 Å². The monoisotopic (exact) mass is 422 g/mol. The fourth-order valence-corrected chi connectivity index (χ4v) is 2.85. The maximum Gasteiger partial charge on any atom is 0.416 e. The third kappa shape index (κ3) is 6.23. The van der Waals surface area contributed by atoms with E-state index in [2.05, 4.69) is 10.6 Å². The molecule has 2 N–H and O–H groups in total. The van der Waals surface area contributed by atoms with E-state index in [4.69, 9.17) is 4.74 Å². The number of halogens is 3. The van der Waals surface area contributed by atoms with E-state index in [0.29, 0.717) is 23.5 Å². The number of para-hydroxylation sites is 1. The van der Waals surface area contributed by atoms with Crippen LogP contribution in [0.25, 0.3) is 0 Å². The smallest absolute Gasteiger partial charge is 0.416 e. The first-order valence-electron chi connectivity index (χ1n) is 9.60. The number of alkyl halides is 3. The van der Waals surface area contributed by atoms with Crippen molar-refractivity contribution in [2.24, 2.45) is 5.92 Å². The summed E-state index contributed by atoms with van der Waals surface area (Å²) in [5.74, 6) is -0.782. The van der Waals surface area contributed by atoms with Crippen molar-refractivity contribution in [2.45, 2.75) is 39.5 Å². The average molecular weight is 422 g/mol. The van der Waals surface area contributed by atoms with Gasteiger partial charge in [-0.2, -0.15) is 13.2 Å². The number of hydrogen-bond acceptors (Lipinski definition) is 3. The molecule has 2 rings (SSSR count). The van der Waals surface area contributed by atoms with Crippen LogP contribution < -0.4 is 15.4 Å². The van der Waals surface area contributed by atoms with Crippen molar-refractivity contribution in [1.82, 2.24) is 10.6 Å². The standard InChI is InChI=1S/C22H25F3N2O3/c1-4-30-18-11-6-5-10-17(18)20(28)27-19(14(2)3)21(29)26-13-15-8-7-9-16(12-15)22(23,24)25/h5-12,14,19H,4,13H2,1-3H3,(H,26,29)(H,27,28). The van der Waals surface area contributed by atoms with E-state index in [-0.39, 0.29) is 12.5 Å². The molecule has 0 aliphatic heterocycles. The molecule has 0 fully saturated rings. The van der Waals surface area contributed by atoms with Gasteiger partial charge in [0.15, 0.2) is 0 Å². The first-order chi connectivity index (χ1) is 14.1. The summed E-state index contributed by atoms with van der Waals surface area (Å²) in [6, 6.07) is 10.6. The van der Waals surface area contributed by atoms with Crippen molar-refractivity contribution >= 4 is 11.8 Å². The highest BCUT2D eigenvalue weighted by molar-refractivity contribution is 5.99. The maximum absolute atomic E-state index is 12.8. The Morgan fingerprint density at radius 3 is 2.40 bits per heavy atom. The number of nitrogens with one attached hydrogen (secondary N) is 2. The second-order valence-electron chi connectivity index (χ2n) is 7.04. The number of carbonyl (C=O) groups excluding carboxylic acids is 2. The lowest BCUT2D eigenvalue weighted by atomic mass is 10.0. The van der Waals surface area contributed by atoms with Crippen molar-refractivity contribution < 1.29 is 27.5 Å². The fraction of sp³-hybridized carbons (Fsp3) is 0.364. The summed E-state index contributed by atoms with van der Waals surface area (Å²) >= 11 is 0. The molecule has 0 aliphatic rings. The zero-order valence-corrected chi connectivity index (χ0v) is 17.0. The zero-order chi connectivity index (χ0) is 22.3. The summed E-state index contributed by atoms with van der Waals surface area (Å²) in [6.45, 7) is 5.63. The molecule has 1 atom stereocenters. The van der Waals surface area contributed by atoms with E-state index in [1.54, 1.807) is 45.0 Å². The van der Waals surface area contributed by atoms with Gasteiger partial charge in [0.2, 0.25) is 5.91 Å². The van der Waals surface area contributed by atoms with Gasteiger partial charge in [0.05, 0.1) is 17.7 Å². The predicted molar refractivity (Wildman–Crippen MR) is 107 cm³/mol. The predicted octanol–water partition coefficient (Wildman–Crippen LogP) is 4.17. The summed E-state index contributed by atoms with van der Waals surface area (Å²) in [5, 5.41) is 5.30. The van der Waals surface area contributed by atoms with Crippen molar-refractivity contribution in [2.75, 3.05) is 6.61 Å². The molecule has 1 unspecified atom stereocenters. The van der Waals surface area contributed by atoms with E-state index < -0.39 is 29.6 Å². The van der Waals surface area contributed by atoms with Gasteiger partial charge < -0.3 is 15.4 Å². The molecule has 2 amide bonds. The van der Waals surface area contributed by atoms with Gasteiger partial charge in [0.1, 0.15) is 11.8 Å². The van der Waals surface area contributed by atoms with Gasteiger partial charge in [-0.1, -0.05) is 38.1 Å². The average Bonchev–Trinajstić information content (AvgIpc) is 2.70. The second-order valence-corrected chi connectivity index (χ2v) is 7.04. The Morgan fingerprint density at radius 1 is 1.07 bits per heavy atom. The van der Waals surface area contributed by atoms with Gasteiger partial charge in [-0.15, -0.1) is 0 Å². The van der Waals surface area contributed by atoms with Crippen molar-refractivity contribution in [3.05, 3.63) is 65.2 Å². The molecule has 0 saturated heterocycles. The van der Waals surface area contributed by atoms with Crippen LogP contribution in [-0.4, -0.2) is 24.5 Å². The lowest BCUT2D eigenvalue weighted by Gasteiger charge is -2.22. The van der Waals surface area contributed by atoms with Crippen LogP contribution in [0.2, 0.25) is 0 Å². The highest BCUT2D eigenvalue weighted by Crippen LogP contribution is 2.29. The third-order valence-corrected chi connectivity index (χ3v) is 4.39. The fourth-order valence-electron chi connectivity index (χ4n) is 2.85. The molecular formula is C22H25F3N2O3. The number of benzene rings is 2. The molecule has 0 aliphatic carbocycles. The Labute approximate surface area is 173 Å². The molecule has 5 nitrogen and oxygen atoms in total. The van der Waals surface area contributed by atoms with Crippen molar-refractivity contribution in [3.8, 4) is 5.75 Å². The maximum atomic E-state index is 12.8. The second kappa shape index (κ2) is 10.1. The van der Waals surface area contributed by atoms with Gasteiger partial charge in [0.25, 0.3) is 5.91 Å². The molecule has 30 heavy (non-hydrogen) atoms. The summed E-state index contributed by atoms with van der Waals surface area (Å²) < 4.78 is 44.0. The highest BCUT2D eigenvalue weighted by Gasteiger charge is 2.30. The summed E-state index contributed by atoms with van der Waals surface area (Å²) in [5.41, 5.74) is -0.167. The minimum Gasteiger partial charge on any atom is -0.493 e. The van der Waals surface area contributed by atoms with Crippen LogP contribution in [0.4, 0.5) is 13.2 Å². The minimum absolute atomic E-state index is 0.0859. The summed E-state index contributed by atoms with van der Waals surface area (Å²) in [4.78, 5) is 25.3. The Kier molecular flexibility index (Phi) is 7.86. The molecule has 8 heteroatoms. The Hall–Kier alpha value is -3.03. The van der Waals surface area contributed by atoms with Crippen molar-refractivity contribution in [1.29, 1.82) is 0 Å². The Bertz CT molecular complexity index is 882. The minimum atomic E-state index is -4.46. The van der Waals surface area contributed by atoms with Gasteiger partial charge in [-0.25, -0.2) is 0 Å². The first kappa shape index (κ1) is 23.3. The zero-order valence-electron chi connectivity index (χ0n) is 17.0. The van der Waals surface area contributed by atoms with E-state index in [9.17, 15) is 22.8 Å². The quantitative estimate of drug-likeness (QED) is 0.671. The van der Waals surface area contributed by atoms with Gasteiger partial charge in [0, 0.05) is 6.54 Å². The van der Waals surface area contributed by atoms with Crippen LogP contribution in [-0.2, 0) is 17.5 Å². The van der Waals surface area contributed by atoms with Crippen LogP contribution >= 0.6 is 0 Å². The van der Waals surface area contributed by atoms with Crippen molar-refractivity contribution in [3.63, 3.8) is 0 Å². The third-order valence-electron chi connectivity index (χ3n) is 4.39. The van der Waals surface area contributed by atoms with E-state index in [0.717, 1.165) is 12.1 Å². The summed E-state index contributed by atoms with van der Waals surface area (Å²) in [7, 11) is 0. The van der Waals surface area contributed by atoms with E-state index in [1.165, 1.54) is 12.1 Å². The van der Waals surface area contributed by atoms with Gasteiger partial charge in [-0.05, 0) is 42.7 Å². The van der Waals surface area contributed by atoms with Gasteiger partial charge >= 0.3 is 6.18 Å². The molecule has 2 aromatic rings. The molecule has 2 aromatic carbocycles. The topological polar surface area (TPSA) is 67.4 Å². The van der Waals surface area contributed by atoms with E-state index in [1.807, 2.05) is 0 Å². The number of carbonyl (C=O) groups is 2. The van der Waals surface area contributed by atoms with Crippen LogP contribution in [0.15, 0.2) is 48.5 Å².